The Morgan fingerprint density at radius 2 is 1.64 bits per heavy atom. The monoisotopic (exact) mass is 408 g/mol. The molecule has 0 saturated heterocycles. The number of fused-ring (bicyclic) bond motifs is 1. The Kier molecular flexibility index (Phi) is 4.90. The first kappa shape index (κ1) is 18.3. The molecule has 3 aromatic carbocycles. The van der Waals surface area contributed by atoms with Crippen LogP contribution in [-0.2, 0) is 0 Å². The van der Waals surface area contributed by atoms with Crippen LogP contribution >= 0.6 is 23.2 Å². The second-order valence-electron chi connectivity index (χ2n) is 6.23. The van der Waals surface area contributed by atoms with Crippen molar-refractivity contribution in [3.8, 4) is 11.3 Å². The number of anilines is 1. The highest BCUT2D eigenvalue weighted by atomic mass is 35.5. The Morgan fingerprint density at radius 3 is 2.43 bits per heavy atom. The molecular formula is C22H14Cl2N2O2. The molecule has 0 bridgehead atoms. The zero-order chi connectivity index (χ0) is 19.7. The first-order valence-electron chi connectivity index (χ1n) is 8.51. The van der Waals surface area contributed by atoms with Crippen molar-refractivity contribution in [3.05, 3.63) is 98.8 Å². The van der Waals surface area contributed by atoms with Crippen LogP contribution in [0, 0.1) is 0 Å². The van der Waals surface area contributed by atoms with Crippen LogP contribution < -0.4 is 10.9 Å². The number of H-pyrrole nitrogens is 1. The summed E-state index contributed by atoms with van der Waals surface area (Å²) in [5, 5.41) is 5.34. The van der Waals surface area contributed by atoms with E-state index in [1.807, 2.05) is 42.5 Å². The van der Waals surface area contributed by atoms with E-state index in [4.69, 9.17) is 23.2 Å². The number of pyridine rings is 1. The van der Waals surface area contributed by atoms with Gasteiger partial charge < -0.3 is 10.3 Å². The van der Waals surface area contributed by atoms with E-state index in [0.717, 1.165) is 16.3 Å². The normalized spacial score (nSPS) is 10.8. The molecule has 1 amide bonds. The van der Waals surface area contributed by atoms with Gasteiger partial charge in [0.1, 0.15) is 5.56 Å². The number of halogens is 2. The van der Waals surface area contributed by atoms with E-state index < -0.39 is 11.5 Å². The topological polar surface area (TPSA) is 62.0 Å². The van der Waals surface area contributed by atoms with Gasteiger partial charge in [-0.05, 0) is 46.7 Å². The van der Waals surface area contributed by atoms with Gasteiger partial charge in [-0.1, -0.05) is 65.7 Å². The lowest BCUT2D eigenvalue weighted by Crippen LogP contribution is -2.23. The third-order valence-corrected chi connectivity index (χ3v) is 5.23. The molecule has 0 aliphatic carbocycles. The maximum absolute atomic E-state index is 12.5. The second-order valence-corrected chi connectivity index (χ2v) is 7.02. The first-order valence-corrected chi connectivity index (χ1v) is 9.26. The molecule has 0 fully saturated rings. The Hall–Kier alpha value is -3.08. The molecule has 0 aliphatic heterocycles. The van der Waals surface area contributed by atoms with Crippen molar-refractivity contribution in [3.63, 3.8) is 0 Å². The highest BCUT2D eigenvalue weighted by Crippen LogP contribution is 2.29. The molecule has 4 aromatic rings. The Labute approximate surface area is 170 Å². The molecule has 0 unspecified atom stereocenters. The third kappa shape index (κ3) is 3.52. The summed E-state index contributed by atoms with van der Waals surface area (Å²) in [7, 11) is 0. The van der Waals surface area contributed by atoms with Crippen molar-refractivity contribution in [2.45, 2.75) is 0 Å². The van der Waals surface area contributed by atoms with Gasteiger partial charge in [0.15, 0.2) is 0 Å². The minimum Gasteiger partial charge on any atom is -0.321 e. The molecule has 4 rings (SSSR count). The fraction of sp³-hybridized carbons (Fsp3) is 0. The summed E-state index contributed by atoms with van der Waals surface area (Å²) in [6.07, 6.45) is 0. The first-order chi connectivity index (χ1) is 13.5. The molecule has 0 radical (unpaired) electrons. The number of aromatic nitrogens is 1. The van der Waals surface area contributed by atoms with Crippen molar-refractivity contribution in [2.75, 3.05) is 5.32 Å². The van der Waals surface area contributed by atoms with E-state index in [2.05, 4.69) is 10.3 Å². The number of hydrogen-bond donors (Lipinski definition) is 2. The van der Waals surface area contributed by atoms with Crippen LogP contribution in [0.2, 0.25) is 10.0 Å². The zero-order valence-corrected chi connectivity index (χ0v) is 16.0. The van der Waals surface area contributed by atoms with Gasteiger partial charge in [-0.25, -0.2) is 0 Å². The van der Waals surface area contributed by atoms with Gasteiger partial charge in [0.05, 0.1) is 15.7 Å². The highest BCUT2D eigenvalue weighted by Gasteiger charge is 2.14. The lowest BCUT2D eigenvalue weighted by atomic mass is 10.0. The molecule has 0 saturated carbocycles. The van der Waals surface area contributed by atoms with Crippen LogP contribution in [0.15, 0.2) is 77.6 Å². The molecule has 138 valence electrons. The molecule has 0 spiro atoms. The molecule has 4 nitrogen and oxygen atoms in total. The predicted octanol–water partition coefficient (Wildman–Crippen LogP) is 5.75. The summed E-state index contributed by atoms with van der Waals surface area (Å²) < 4.78 is 0. The fourth-order valence-corrected chi connectivity index (χ4v) is 3.32. The number of carbonyl (C=O) groups is 1. The fourth-order valence-electron chi connectivity index (χ4n) is 2.97. The van der Waals surface area contributed by atoms with Crippen molar-refractivity contribution < 1.29 is 4.79 Å². The summed E-state index contributed by atoms with van der Waals surface area (Å²) in [6.45, 7) is 0. The lowest BCUT2D eigenvalue weighted by Gasteiger charge is -2.09. The zero-order valence-electron chi connectivity index (χ0n) is 14.5. The van der Waals surface area contributed by atoms with E-state index in [1.165, 1.54) is 6.07 Å². The van der Waals surface area contributed by atoms with Crippen molar-refractivity contribution in [1.82, 2.24) is 4.98 Å². The average molecular weight is 409 g/mol. The van der Waals surface area contributed by atoms with E-state index in [0.29, 0.717) is 16.4 Å². The standard InChI is InChI=1S/C22H14Cl2N2O2/c23-17-6-3-7-19(20(17)24)26-22(28)16-10-11-18(25-21(16)27)15-9-8-13-4-1-2-5-14(13)12-15/h1-12H,(H,25,27)(H,26,28). The highest BCUT2D eigenvalue weighted by molar-refractivity contribution is 6.44. The van der Waals surface area contributed by atoms with Gasteiger partial charge in [-0.3, -0.25) is 9.59 Å². The summed E-state index contributed by atoms with van der Waals surface area (Å²) in [5.41, 5.74) is 1.34. The largest absolute Gasteiger partial charge is 0.321 e. The number of benzene rings is 3. The van der Waals surface area contributed by atoms with Crippen molar-refractivity contribution in [1.29, 1.82) is 0 Å². The Balaban J connectivity index is 1.64. The van der Waals surface area contributed by atoms with Crippen molar-refractivity contribution in [2.24, 2.45) is 0 Å². The third-order valence-electron chi connectivity index (χ3n) is 4.41. The summed E-state index contributed by atoms with van der Waals surface area (Å²) in [4.78, 5) is 27.7. The van der Waals surface area contributed by atoms with Crippen LogP contribution in [-0.4, -0.2) is 10.9 Å². The van der Waals surface area contributed by atoms with E-state index >= 15 is 0 Å². The number of carbonyl (C=O) groups excluding carboxylic acids is 1. The van der Waals surface area contributed by atoms with Crippen LogP contribution in [0.5, 0.6) is 0 Å². The number of amides is 1. The molecule has 0 aliphatic rings. The van der Waals surface area contributed by atoms with Crippen LogP contribution in [0.4, 0.5) is 5.69 Å². The summed E-state index contributed by atoms with van der Waals surface area (Å²) in [5.74, 6) is -0.560. The summed E-state index contributed by atoms with van der Waals surface area (Å²) in [6, 6.07) is 22.0. The van der Waals surface area contributed by atoms with Crippen LogP contribution in [0.3, 0.4) is 0 Å². The molecule has 28 heavy (non-hydrogen) atoms. The van der Waals surface area contributed by atoms with Crippen LogP contribution in [0.1, 0.15) is 10.4 Å². The predicted molar refractivity (Wildman–Crippen MR) is 114 cm³/mol. The number of nitrogens with one attached hydrogen (secondary N) is 2. The molecule has 1 heterocycles. The van der Waals surface area contributed by atoms with Gasteiger partial charge in [0.2, 0.25) is 0 Å². The number of aromatic amines is 1. The minimum atomic E-state index is -0.560. The smallest absolute Gasteiger partial charge is 0.261 e. The van der Waals surface area contributed by atoms with Gasteiger partial charge in [0, 0.05) is 5.69 Å². The maximum Gasteiger partial charge on any atom is 0.261 e. The summed E-state index contributed by atoms with van der Waals surface area (Å²) >= 11 is 12.0. The van der Waals surface area contributed by atoms with Gasteiger partial charge in [-0.15, -0.1) is 0 Å². The van der Waals surface area contributed by atoms with Crippen LogP contribution in [0.25, 0.3) is 22.0 Å². The molecular weight excluding hydrogens is 395 g/mol. The quantitative estimate of drug-likeness (QED) is 0.452. The van der Waals surface area contributed by atoms with E-state index in [-0.39, 0.29) is 10.6 Å². The Bertz CT molecular complexity index is 1260. The average Bonchev–Trinajstić information content (AvgIpc) is 2.71. The number of hydrogen-bond acceptors (Lipinski definition) is 2. The van der Waals surface area contributed by atoms with Gasteiger partial charge >= 0.3 is 0 Å². The second kappa shape index (κ2) is 7.50. The maximum atomic E-state index is 12.5. The SMILES string of the molecule is O=C(Nc1cccc(Cl)c1Cl)c1ccc(-c2ccc3ccccc3c2)[nH]c1=O. The number of rotatable bonds is 3. The van der Waals surface area contributed by atoms with Crippen molar-refractivity contribution >= 4 is 45.6 Å². The van der Waals surface area contributed by atoms with Gasteiger partial charge in [0.25, 0.3) is 11.5 Å². The van der Waals surface area contributed by atoms with E-state index in [1.54, 1.807) is 24.3 Å². The minimum absolute atomic E-state index is 0.0134. The molecule has 1 aromatic heterocycles. The Morgan fingerprint density at radius 1 is 0.857 bits per heavy atom. The van der Waals surface area contributed by atoms with Gasteiger partial charge in [-0.2, -0.15) is 0 Å². The van der Waals surface area contributed by atoms with E-state index in [9.17, 15) is 9.59 Å². The molecule has 0 atom stereocenters. The molecule has 6 heteroatoms. The molecule has 2 N–H and O–H groups in total. The lowest BCUT2D eigenvalue weighted by molar-refractivity contribution is 0.102.